The van der Waals surface area contributed by atoms with Crippen LogP contribution in [0.2, 0.25) is 10.0 Å². The summed E-state index contributed by atoms with van der Waals surface area (Å²) in [5.74, 6) is 0.103. The highest BCUT2D eigenvalue weighted by molar-refractivity contribution is 6.30. The minimum absolute atomic E-state index is 0.0472. The Balaban J connectivity index is 2.09. The van der Waals surface area contributed by atoms with Gasteiger partial charge in [-0.3, -0.25) is 9.78 Å². The lowest BCUT2D eigenvalue weighted by Gasteiger charge is -2.44. The van der Waals surface area contributed by atoms with E-state index in [1.807, 2.05) is 42.2 Å². The topological polar surface area (TPSA) is 53.4 Å². The Kier molecular flexibility index (Phi) is 6.17. The lowest BCUT2D eigenvalue weighted by Crippen LogP contribution is -2.49. The summed E-state index contributed by atoms with van der Waals surface area (Å²) in [7, 11) is 0. The molecule has 1 aromatic carbocycles. The lowest BCUT2D eigenvalue weighted by molar-refractivity contribution is -0.142. The van der Waals surface area contributed by atoms with Crippen molar-refractivity contribution in [1.82, 2.24) is 9.88 Å². The van der Waals surface area contributed by atoms with E-state index in [2.05, 4.69) is 4.98 Å². The highest BCUT2D eigenvalue weighted by Crippen LogP contribution is 2.44. The highest BCUT2D eigenvalue weighted by atomic mass is 35.5. The predicted octanol–water partition coefficient (Wildman–Crippen LogP) is 4.61. The number of aliphatic hydroxyl groups is 1. The number of pyridine rings is 1. The van der Waals surface area contributed by atoms with Crippen molar-refractivity contribution >= 4 is 29.1 Å². The number of hydrogen-bond acceptors (Lipinski definition) is 3. The first kappa shape index (κ1) is 19.2. The minimum atomic E-state index is -0.260. The van der Waals surface area contributed by atoms with Gasteiger partial charge in [-0.25, -0.2) is 0 Å². The first-order valence-corrected chi connectivity index (χ1v) is 9.59. The molecule has 1 aliphatic rings. The number of likely N-dealkylation sites (tertiary alicyclic amines) is 1. The molecule has 4 nitrogen and oxygen atoms in total. The van der Waals surface area contributed by atoms with Crippen LogP contribution >= 0.6 is 23.2 Å². The number of hydrogen-bond donors (Lipinski definition) is 1. The monoisotopic (exact) mass is 392 g/mol. The van der Waals surface area contributed by atoms with Gasteiger partial charge in [0.05, 0.1) is 29.4 Å². The zero-order valence-corrected chi connectivity index (χ0v) is 16.1. The fourth-order valence-corrected chi connectivity index (χ4v) is 4.07. The summed E-state index contributed by atoms with van der Waals surface area (Å²) in [6, 6.07) is 10.9. The Morgan fingerprint density at radius 3 is 2.69 bits per heavy atom. The van der Waals surface area contributed by atoms with Gasteiger partial charge in [-0.1, -0.05) is 42.3 Å². The molecule has 1 saturated heterocycles. The Morgan fingerprint density at radius 2 is 2.08 bits per heavy atom. The third-order valence-corrected chi connectivity index (χ3v) is 5.50. The van der Waals surface area contributed by atoms with E-state index in [0.717, 1.165) is 11.3 Å². The van der Waals surface area contributed by atoms with Crippen LogP contribution in [0.4, 0.5) is 0 Å². The molecule has 0 bridgehead atoms. The Hall–Kier alpha value is -1.62. The molecule has 3 rings (SSSR count). The van der Waals surface area contributed by atoms with Crippen molar-refractivity contribution in [2.24, 2.45) is 0 Å². The highest BCUT2D eigenvalue weighted by Gasteiger charge is 2.41. The van der Waals surface area contributed by atoms with Crippen LogP contribution in [-0.2, 0) is 4.79 Å². The molecule has 1 fully saturated rings. The second kappa shape index (κ2) is 8.38. The van der Waals surface area contributed by atoms with Crippen LogP contribution in [0.3, 0.4) is 0 Å². The maximum Gasteiger partial charge on any atom is 0.223 e. The van der Waals surface area contributed by atoms with Gasteiger partial charge >= 0.3 is 0 Å². The lowest BCUT2D eigenvalue weighted by atomic mass is 9.80. The molecule has 1 amide bonds. The van der Waals surface area contributed by atoms with Gasteiger partial charge in [0.15, 0.2) is 0 Å². The molecule has 3 atom stereocenters. The average molecular weight is 393 g/mol. The summed E-state index contributed by atoms with van der Waals surface area (Å²) < 4.78 is 0. The Bertz CT molecular complexity index is 763. The van der Waals surface area contributed by atoms with E-state index in [1.165, 1.54) is 0 Å². The van der Waals surface area contributed by atoms with Gasteiger partial charge < -0.3 is 10.0 Å². The third kappa shape index (κ3) is 3.88. The van der Waals surface area contributed by atoms with Crippen molar-refractivity contribution in [2.45, 2.75) is 44.2 Å². The number of carbonyl (C=O) groups excluding carboxylic acids is 1. The van der Waals surface area contributed by atoms with Gasteiger partial charge in [0.1, 0.15) is 0 Å². The molecule has 1 aliphatic heterocycles. The third-order valence-electron chi connectivity index (χ3n) is 5.04. The Labute approximate surface area is 163 Å². The number of aliphatic hydroxyl groups excluding tert-OH is 1. The van der Waals surface area contributed by atoms with Gasteiger partial charge in [-0.2, -0.15) is 0 Å². The average Bonchev–Trinajstić information content (AvgIpc) is 2.64. The fraction of sp³-hybridized carbons (Fsp3) is 0.400. The van der Waals surface area contributed by atoms with E-state index in [-0.39, 0.29) is 30.5 Å². The van der Waals surface area contributed by atoms with E-state index >= 15 is 0 Å². The van der Waals surface area contributed by atoms with Gasteiger partial charge in [-0.05, 0) is 42.7 Å². The molecule has 2 heterocycles. The number of halogens is 2. The summed E-state index contributed by atoms with van der Waals surface area (Å²) in [5.41, 5.74) is 1.85. The molecule has 1 N–H and O–H groups in total. The number of aromatic nitrogens is 1. The molecule has 138 valence electrons. The molecule has 1 aromatic heterocycles. The molecule has 0 saturated carbocycles. The normalized spacial score (nSPS) is 21.7. The van der Waals surface area contributed by atoms with Crippen LogP contribution < -0.4 is 0 Å². The van der Waals surface area contributed by atoms with Crippen LogP contribution in [0.15, 0.2) is 42.6 Å². The largest absolute Gasteiger partial charge is 0.394 e. The summed E-state index contributed by atoms with van der Waals surface area (Å²) >= 11 is 12.2. The molecule has 2 aromatic rings. The zero-order chi connectivity index (χ0) is 18.7. The van der Waals surface area contributed by atoms with Gasteiger partial charge in [0.25, 0.3) is 0 Å². The van der Waals surface area contributed by atoms with E-state index in [1.54, 1.807) is 12.3 Å². The smallest absolute Gasteiger partial charge is 0.223 e. The zero-order valence-electron chi connectivity index (χ0n) is 14.6. The number of amides is 1. The van der Waals surface area contributed by atoms with Crippen LogP contribution in [0, 0.1) is 0 Å². The van der Waals surface area contributed by atoms with E-state index in [0.29, 0.717) is 29.3 Å². The van der Waals surface area contributed by atoms with Crippen molar-refractivity contribution in [2.75, 3.05) is 6.61 Å². The number of benzene rings is 1. The summed E-state index contributed by atoms with van der Waals surface area (Å²) in [4.78, 5) is 19.1. The number of rotatable bonds is 5. The number of carbonyl (C=O) groups is 1. The maximum atomic E-state index is 12.8. The molecule has 6 heteroatoms. The molecular weight excluding hydrogens is 371 g/mol. The van der Waals surface area contributed by atoms with Crippen LogP contribution in [0.1, 0.15) is 49.4 Å². The van der Waals surface area contributed by atoms with Crippen LogP contribution in [0.25, 0.3) is 0 Å². The van der Waals surface area contributed by atoms with Gasteiger partial charge in [0, 0.05) is 23.6 Å². The molecule has 26 heavy (non-hydrogen) atoms. The van der Waals surface area contributed by atoms with Crippen molar-refractivity contribution in [1.29, 1.82) is 0 Å². The first-order valence-electron chi connectivity index (χ1n) is 8.84. The van der Waals surface area contributed by atoms with E-state index in [9.17, 15) is 9.90 Å². The van der Waals surface area contributed by atoms with Gasteiger partial charge in [0.2, 0.25) is 5.91 Å². The van der Waals surface area contributed by atoms with Gasteiger partial charge in [-0.15, -0.1) is 0 Å². The molecule has 1 unspecified atom stereocenters. The summed E-state index contributed by atoms with van der Waals surface area (Å²) in [6.45, 7) is 1.90. The maximum absolute atomic E-state index is 12.8. The summed E-state index contributed by atoms with van der Waals surface area (Å²) in [5, 5.41) is 11.1. The number of piperidine rings is 1. The van der Waals surface area contributed by atoms with E-state index < -0.39 is 0 Å². The quantitative estimate of drug-likeness (QED) is 0.808. The second-order valence-corrected chi connectivity index (χ2v) is 7.46. The van der Waals surface area contributed by atoms with Crippen molar-refractivity contribution in [3.8, 4) is 0 Å². The Morgan fingerprint density at radius 1 is 1.27 bits per heavy atom. The SMILES string of the molecule is CC[C@@H](CO)N1C(=O)CC[C@H](c2cccc(Cl)c2)C1c1ccc(Cl)cn1. The van der Waals surface area contributed by atoms with E-state index in [4.69, 9.17) is 23.2 Å². The van der Waals surface area contributed by atoms with Crippen molar-refractivity contribution in [3.63, 3.8) is 0 Å². The van der Waals surface area contributed by atoms with Crippen LogP contribution in [-0.4, -0.2) is 33.5 Å². The molecule has 0 spiro atoms. The molecule has 0 radical (unpaired) electrons. The van der Waals surface area contributed by atoms with Crippen molar-refractivity contribution < 1.29 is 9.90 Å². The number of nitrogens with zero attached hydrogens (tertiary/aromatic N) is 2. The standard InChI is InChI=1S/C20H22Cl2N2O2/c1-2-16(12-25)24-19(26)9-7-17(13-4-3-5-14(21)10-13)20(24)18-8-6-15(22)11-23-18/h3-6,8,10-11,16-17,20,25H,2,7,9,12H2,1H3/t16-,17+,20?/m0/s1. The molecular formula is C20H22Cl2N2O2. The second-order valence-electron chi connectivity index (χ2n) is 6.59. The fourth-order valence-electron chi connectivity index (χ4n) is 3.76. The molecule has 0 aliphatic carbocycles. The van der Waals surface area contributed by atoms with Crippen LogP contribution in [0.5, 0.6) is 0 Å². The van der Waals surface area contributed by atoms with Crippen molar-refractivity contribution in [3.05, 3.63) is 63.9 Å². The predicted molar refractivity (Wildman–Crippen MR) is 103 cm³/mol. The summed E-state index contributed by atoms with van der Waals surface area (Å²) in [6.07, 6.45) is 3.43. The minimum Gasteiger partial charge on any atom is -0.394 e. The first-order chi connectivity index (χ1) is 12.5.